The molecule has 9 heteroatoms. The van der Waals surface area contributed by atoms with Gasteiger partial charge in [0.25, 0.3) is 17.2 Å². The summed E-state index contributed by atoms with van der Waals surface area (Å²) in [5.41, 5.74) is 7.69. The standard InChI is InChI=1S/C27H31N5O4/c1-4-22(31(16-8-15-28)26(33)20-11-13-21(35-3)14-12-20)24-29-25-23(18(2)30-36-25)27(34)32(24)17-19-9-6-5-7-10-19/h5-7,9-14,22H,4,8,15-17,28H2,1-3H3. The maximum Gasteiger partial charge on any atom is 0.267 e. The second-order valence-electron chi connectivity index (χ2n) is 8.59. The van der Waals surface area contributed by atoms with Crippen LogP contribution in [0.4, 0.5) is 0 Å². The number of carbonyl (C=O) groups is 1. The molecule has 0 saturated carbocycles. The number of carbonyl (C=O) groups excluding carboxylic acids is 1. The van der Waals surface area contributed by atoms with Crippen LogP contribution in [-0.2, 0) is 6.54 Å². The van der Waals surface area contributed by atoms with E-state index in [-0.39, 0.29) is 17.2 Å². The van der Waals surface area contributed by atoms with Crippen LogP contribution in [0.3, 0.4) is 0 Å². The summed E-state index contributed by atoms with van der Waals surface area (Å²) in [4.78, 5) is 33.9. The second-order valence-corrected chi connectivity index (χ2v) is 8.59. The van der Waals surface area contributed by atoms with E-state index < -0.39 is 6.04 Å². The van der Waals surface area contributed by atoms with E-state index in [1.54, 1.807) is 47.8 Å². The van der Waals surface area contributed by atoms with E-state index in [4.69, 9.17) is 20.0 Å². The van der Waals surface area contributed by atoms with Crippen molar-refractivity contribution in [1.82, 2.24) is 19.6 Å². The van der Waals surface area contributed by atoms with Crippen molar-refractivity contribution in [2.45, 2.75) is 39.3 Å². The molecule has 0 spiro atoms. The van der Waals surface area contributed by atoms with E-state index in [0.29, 0.717) is 60.7 Å². The lowest BCUT2D eigenvalue weighted by molar-refractivity contribution is 0.0655. The highest BCUT2D eigenvalue weighted by molar-refractivity contribution is 5.94. The molecule has 1 amide bonds. The molecule has 0 fully saturated rings. The minimum atomic E-state index is -0.489. The summed E-state index contributed by atoms with van der Waals surface area (Å²) in [7, 11) is 1.58. The van der Waals surface area contributed by atoms with Gasteiger partial charge >= 0.3 is 0 Å². The first-order valence-corrected chi connectivity index (χ1v) is 12.0. The van der Waals surface area contributed by atoms with Crippen LogP contribution in [-0.4, -0.2) is 45.7 Å². The van der Waals surface area contributed by atoms with E-state index in [2.05, 4.69) is 5.16 Å². The molecule has 2 N–H and O–H groups in total. The molecule has 2 heterocycles. The number of nitrogens with zero attached hydrogens (tertiary/aromatic N) is 4. The number of methoxy groups -OCH3 is 1. The van der Waals surface area contributed by atoms with Crippen molar-refractivity contribution < 1.29 is 14.1 Å². The van der Waals surface area contributed by atoms with Crippen molar-refractivity contribution in [2.75, 3.05) is 20.2 Å². The van der Waals surface area contributed by atoms with Gasteiger partial charge in [-0.1, -0.05) is 42.4 Å². The molecular weight excluding hydrogens is 458 g/mol. The molecule has 0 bridgehead atoms. The van der Waals surface area contributed by atoms with Crippen LogP contribution in [0.15, 0.2) is 63.9 Å². The molecule has 0 aliphatic heterocycles. The molecular formula is C27H31N5O4. The van der Waals surface area contributed by atoms with Gasteiger partial charge in [0.05, 0.1) is 25.4 Å². The number of fused-ring (bicyclic) bond motifs is 1. The zero-order valence-corrected chi connectivity index (χ0v) is 20.8. The Balaban J connectivity index is 1.85. The highest BCUT2D eigenvalue weighted by Crippen LogP contribution is 2.27. The Kier molecular flexibility index (Phi) is 7.80. The second kappa shape index (κ2) is 11.2. The third-order valence-electron chi connectivity index (χ3n) is 6.24. The summed E-state index contributed by atoms with van der Waals surface area (Å²) in [6.45, 7) is 4.83. The fourth-order valence-electron chi connectivity index (χ4n) is 4.36. The third kappa shape index (κ3) is 5.01. The van der Waals surface area contributed by atoms with Gasteiger partial charge in [-0.2, -0.15) is 4.98 Å². The van der Waals surface area contributed by atoms with Gasteiger partial charge in [-0.15, -0.1) is 0 Å². The van der Waals surface area contributed by atoms with Gasteiger partial charge in [-0.25, -0.2) is 0 Å². The SMILES string of the molecule is CCC(c1nc2onc(C)c2c(=O)n1Cc1ccccc1)N(CCCN)C(=O)c1ccc(OC)cc1. The van der Waals surface area contributed by atoms with Crippen molar-refractivity contribution in [1.29, 1.82) is 0 Å². The Labute approximate surface area is 209 Å². The molecule has 1 unspecified atom stereocenters. The van der Waals surface area contributed by atoms with Crippen LogP contribution in [0.25, 0.3) is 11.1 Å². The van der Waals surface area contributed by atoms with E-state index in [1.165, 1.54) is 0 Å². The summed E-state index contributed by atoms with van der Waals surface area (Å²) < 4.78 is 12.3. The number of hydrogen-bond donors (Lipinski definition) is 1. The van der Waals surface area contributed by atoms with Crippen LogP contribution in [0, 0.1) is 6.92 Å². The molecule has 9 nitrogen and oxygen atoms in total. The highest BCUT2D eigenvalue weighted by atomic mass is 16.5. The van der Waals surface area contributed by atoms with Crippen molar-refractivity contribution in [2.24, 2.45) is 5.73 Å². The summed E-state index contributed by atoms with van der Waals surface area (Å²) in [6, 6.07) is 16.2. The molecule has 0 saturated heterocycles. The van der Waals surface area contributed by atoms with Crippen LogP contribution in [0.1, 0.15) is 53.2 Å². The molecule has 2 aromatic heterocycles. The molecule has 0 aliphatic carbocycles. The van der Waals surface area contributed by atoms with E-state index >= 15 is 0 Å². The molecule has 0 radical (unpaired) electrons. The third-order valence-corrected chi connectivity index (χ3v) is 6.24. The Bertz CT molecular complexity index is 1380. The van der Waals surface area contributed by atoms with Crippen LogP contribution >= 0.6 is 0 Å². The average molecular weight is 490 g/mol. The molecule has 4 aromatic rings. The van der Waals surface area contributed by atoms with Crippen LogP contribution in [0.2, 0.25) is 0 Å². The number of rotatable bonds is 10. The largest absolute Gasteiger partial charge is 0.497 e. The lowest BCUT2D eigenvalue weighted by atomic mass is 10.1. The van der Waals surface area contributed by atoms with Gasteiger partial charge in [-0.05, 0) is 56.1 Å². The van der Waals surface area contributed by atoms with Gasteiger partial charge < -0.3 is 19.9 Å². The van der Waals surface area contributed by atoms with Gasteiger partial charge in [0.15, 0.2) is 0 Å². The first kappa shape index (κ1) is 25.1. The van der Waals surface area contributed by atoms with E-state index in [9.17, 15) is 9.59 Å². The Morgan fingerprint density at radius 2 is 1.89 bits per heavy atom. The maximum absolute atomic E-state index is 13.7. The fourth-order valence-corrected chi connectivity index (χ4v) is 4.36. The van der Waals surface area contributed by atoms with Gasteiger partial charge in [0, 0.05) is 12.1 Å². The Hall–Kier alpha value is -3.98. The van der Waals surface area contributed by atoms with E-state index in [0.717, 1.165) is 5.56 Å². The number of aromatic nitrogens is 3. The highest BCUT2D eigenvalue weighted by Gasteiger charge is 2.30. The monoisotopic (exact) mass is 489 g/mol. The Morgan fingerprint density at radius 1 is 1.17 bits per heavy atom. The fraction of sp³-hybridized carbons (Fsp3) is 0.333. The van der Waals surface area contributed by atoms with Crippen molar-refractivity contribution in [3.05, 3.63) is 87.6 Å². The molecule has 2 aromatic carbocycles. The number of amides is 1. The van der Waals surface area contributed by atoms with Crippen LogP contribution < -0.4 is 16.0 Å². The molecule has 4 rings (SSSR count). The van der Waals surface area contributed by atoms with Gasteiger partial charge in [0.1, 0.15) is 17.0 Å². The quantitative estimate of drug-likeness (QED) is 0.361. The zero-order chi connectivity index (χ0) is 25.7. The predicted molar refractivity (Wildman–Crippen MR) is 137 cm³/mol. The number of ether oxygens (including phenoxy) is 1. The molecule has 36 heavy (non-hydrogen) atoms. The van der Waals surface area contributed by atoms with Crippen LogP contribution in [0.5, 0.6) is 5.75 Å². The number of aryl methyl sites for hydroxylation is 1. The number of nitrogens with two attached hydrogens (primary N) is 1. The molecule has 0 aliphatic rings. The van der Waals surface area contributed by atoms with Crippen molar-refractivity contribution >= 4 is 17.0 Å². The lowest BCUT2D eigenvalue weighted by Gasteiger charge is -2.32. The maximum atomic E-state index is 13.7. The van der Waals surface area contributed by atoms with Crippen molar-refractivity contribution in [3.63, 3.8) is 0 Å². The predicted octanol–water partition coefficient (Wildman–Crippen LogP) is 3.69. The smallest absolute Gasteiger partial charge is 0.267 e. The van der Waals surface area contributed by atoms with Gasteiger partial charge in [0.2, 0.25) is 0 Å². The number of benzene rings is 2. The molecule has 188 valence electrons. The van der Waals surface area contributed by atoms with E-state index in [1.807, 2.05) is 37.3 Å². The minimum absolute atomic E-state index is 0.172. The van der Waals surface area contributed by atoms with Gasteiger partial charge in [-0.3, -0.25) is 14.2 Å². The average Bonchev–Trinajstić information content (AvgIpc) is 3.29. The number of hydrogen-bond acceptors (Lipinski definition) is 7. The van der Waals surface area contributed by atoms with Crippen molar-refractivity contribution in [3.8, 4) is 5.75 Å². The molecule has 1 atom stereocenters. The summed E-state index contributed by atoms with van der Waals surface area (Å²) in [6.07, 6.45) is 1.14. The first-order valence-electron chi connectivity index (χ1n) is 12.0. The summed E-state index contributed by atoms with van der Waals surface area (Å²) >= 11 is 0. The normalized spacial score (nSPS) is 12.0. The minimum Gasteiger partial charge on any atom is -0.497 e. The summed E-state index contributed by atoms with van der Waals surface area (Å²) in [5.74, 6) is 0.942. The zero-order valence-electron chi connectivity index (χ0n) is 20.8. The lowest BCUT2D eigenvalue weighted by Crippen LogP contribution is -2.40. The topological polar surface area (TPSA) is 116 Å². The summed E-state index contributed by atoms with van der Waals surface area (Å²) in [5, 5.41) is 4.31. The first-order chi connectivity index (χ1) is 17.5. The Morgan fingerprint density at radius 3 is 2.53 bits per heavy atom.